The summed E-state index contributed by atoms with van der Waals surface area (Å²) in [7, 11) is 1.64. The third-order valence-electron chi connectivity index (χ3n) is 4.38. The minimum atomic E-state index is -0.149. The lowest BCUT2D eigenvalue weighted by Crippen LogP contribution is -2.11. The Labute approximate surface area is 177 Å². The van der Waals surface area contributed by atoms with Crippen LogP contribution in [0.1, 0.15) is 24.3 Å². The molecule has 0 bridgehead atoms. The van der Waals surface area contributed by atoms with Crippen LogP contribution in [0.5, 0.6) is 17.2 Å². The van der Waals surface area contributed by atoms with Gasteiger partial charge in [-0.2, -0.15) is 0 Å². The Morgan fingerprint density at radius 1 is 1.13 bits per heavy atom. The average molecular weight is 427 g/mol. The lowest BCUT2D eigenvalue weighted by Gasteiger charge is -2.03. The minimum absolute atomic E-state index is 0.110. The number of benzene rings is 2. The average Bonchev–Trinajstić information content (AvgIpc) is 3.40. The van der Waals surface area contributed by atoms with E-state index in [1.165, 1.54) is 0 Å². The first-order valence-corrected chi connectivity index (χ1v) is 10.5. The molecule has 0 saturated carbocycles. The molecule has 0 unspecified atom stereocenters. The maximum absolute atomic E-state index is 12.1. The molecule has 2 heterocycles. The predicted molar refractivity (Wildman–Crippen MR) is 111 cm³/mol. The van der Waals surface area contributed by atoms with Crippen LogP contribution in [0.15, 0.2) is 51.8 Å². The van der Waals surface area contributed by atoms with Gasteiger partial charge in [0.2, 0.25) is 18.6 Å². The number of thioether (sulfide) groups is 1. The molecule has 30 heavy (non-hydrogen) atoms. The second-order valence-electron chi connectivity index (χ2n) is 6.54. The molecule has 2 aromatic carbocycles. The molecular formula is C21H21N3O5S. The van der Waals surface area contributed by atoms with Crippen molar-refractivity contribution >= 4 is 23.7 Å². The highest BCUT2D eigenvalue weighted by atomic mass is 32.2. The number of nitrogens with one attached hydrogen (secondary N) is 1. The molecule has 4 rings (SSSR count). The fourth-order valence-corrected chi connectivity index (χ4v) is 3.73. The molecule has 8 nitrogen and oxygen atoms in total. The SMILES string of the molecule is COc1ccc(SCCCC(=O)Nc2nnc(Cc3ccc4c(c3)OCO4)o2)cc1. The van der Waals surface area contributed by atoms with Gasteiger partial charge in [-0.25, -0.2) is 0 Å². The van der Waals surface area contributed by atoms with Crippen molar-refractivity contribution < 1.29 is 23.4 Å². The lowest BCUT2D eigenvalue weighted by atomic mass is 10.1. The maximum atomic E-state index is 12.1. The van der Waals surface area contributed by atoms with Crippen LogP contribution in [-0.4, -0.2) is 35.8 Å². The molecule has 1 N–H and O–H groups in total. The van der Waals surface area contributed by atoms with Crippen LogP contribution in [-0.2, 0) is 11.2 Å². The number of fused-ring (bicyclic) bond motifs is 1. The first-order chi connectivity index (χ1) is 14.7. The van der Waals surface area contributed by atoms with Gasteiger partial charge >= 0.3 is 6.01 Å². The van der Waals surface area contributed by atoms with Crippen LogP contribution >= 0.6 is 11.8 Å². The van der Waals surface area contributed by atoms with Crippen molar-refractivity contribution in [1.82, 2.24) is 10.2 Å². The standard InChI is InChI=1S/C21H21N3O5S/c1-26-15-5-7-16(8-6-15)30-10-2-3-19(25)22-21-24-23-20(29-21)12-14-4-9-17-18(11-14)28-13-27-17/h4-9,11H,2-3,10,12-13H2,1H3,(H,22,24,25). The molecule has 0 fully saturated rings. The van der Waals surface area contributed by atoms with Gasteiger partial charge in [0, 0.05) is 11.3 Å². The van der Waals surface area contributed by atoms with E-state index in [9.17, 15) is 4.79 Å². The van der Waals surface area contributed by atoms with Gasteiger partial charge in [0.15, 0.2) is 11.5 Å². The van der Waals surface area contributed by atoms with Crippen LogP contribution in [0.25, 0.3) is 0 Å². The van der Waals surface area contributed by atoms with Gasteiger partial charge in [-0.05, 0) is 54.1 Å². The highest BCUT2D eigenvalue weighted by Gasteiger charge is 2.15. The largest absolute Gasteiger partial charge is 0.497 e. The summed E-state index contributed by atoms with van der Waals surface area (Å²) in [6.07, 6.45) is 1.56. The van der Waals surface area contributed by atoms with Crippen molar-refractivity contribution in [1.29, 1.82) is 0 Å². The molecule has 1 aliphatic heterocycles. The van der Waals surface area contributed by atoms with Crippen molar-refractivity contribution in [2.45, 2.75) is 24.2 Å². The summed E-state index contributed by atoms with van der Waals surface area (Å²) in [4.78, 5) is 13.2. The number of methoxy groups -OCH3 is 1. The van der Waals surface area contributed by atoms with Crippen LogP contribution in [0.3, 0.4) is 0 Å². The van der Waals surface area contributed by atoms with Gasteiger partial charge in [0.05, 0.1) is 13.5 Å². The summed E-state index contributed by atoms with van der Waals surface area (Å²) < 4.78 is 21.3. The second kappa shape index (κ2) is 9.53. The van der Waals surface area contributed by atoms with E-state index >= 15 is 0 Å². The summed E-state index contributed by atoms with van der Waals surface area (Å²) in [6, 6.07) is 13.6. The molecule has 0 spiro atoms. The number of nitrogens with zero attached hydrogens (tertiary/aromatic N) is 2. The van der Waals surface area contributed by atoms with Gasteiger partial charge in [-0.3, -0.25) is 10.1 Å². The van der Waals surface area contributed by atoms with Crippen molar-refractivity contribution in [3.8, 4) is 17.2 Å². The predicted octanol–water partition coefficient (Wildman–Crippen LogP) is 3.91. The molecular weight excluding hydrogens is 406 g/mol. The summed E-state index contributed by atoms with van der Waals surface area (Å²) in [5.74, 6) is 3.35. The van der Waals surface area contributed by atoms with Crippen molar-refractivity contribution in [3.05, 3.63) is 53.9 Å². The highest BCUT2D eigenvalue weighted by molar-refractivity contribution is 7.99. The third kappa shape index (κ3) is 5.24. The van der Waals surface area contributed by atoms with Crippen molar-refractivity contribution in [3.63, 3.8) is 0 Å². The van der Waals surface area contributed by atoms with E-state index in [4.69, 9.17) is 18.6 Å². The number of hydrogen-bond acceptors (Lipinski definition) is 8. The zero-order chi connectivity index (χ0) is 20.8. The number of carbonyl (C=O) groups is 1. The first-order valence-electron chi connectivity index (χ1n) is 9.47. The minimum Gasteiger partial charge on any atom is -0.497 e. The summed E-state index contributed by atoms with van der Waals surface area (Å²) in [5.41, 5.74) is 0.955. The number of ether oxygens (including phenoxy) is 3. The van der Waals surface area contributed by atoms with Crippen molar-refractivity contribution in [2.75, 3.05) is 25.0 Å². The van der Waals surface area contributed by atoms with E-state index < -0.39 is 0 Å². The molecule has 1 aromatic heterocycles. The second-order valence-corrected chi connectivity index (χ2v) is 7.71. The fraction of sp³-hybridized carbons (Fsp3) is 0.286. The number of hydrogen-bond donors (Lipinski definition) is 1. The molecule has 0 atom stereocenters. The Balaban J connectivity index is 1.20. The quantitative estimate of drug-likeness (QED) is 0.406. The molecule has 0 saturated heterocycles. The zero-order valence-corrected chi connectivity index (χ0v) is 17.2. The molecule has 9 heteroatoms. The molecule has 156 valence electrons. The summed E-state index contributed by atoms with van der Waals surface area (Å²) in [6.45, 7) is 0.230. The molecule has 1 aliphatic rings. The van der Waals surface area contributed by atoms with Crippen LogP contribution < -0.4 is 19.5 Å². The number of rotatable bonds is 9. The van der Waals surface area contributed by atoms with E-state index in [0.717, 1.165) is 34.1 Å². The topological polar surface area (TPSA) is 95.7 Å². The third-order valence-corrected chi connectivity index (χ3v) is 5.48. The maximum Gasteiger partial charge on any atom is 0.322 e. The van der Waals surface area contributed by atoms with E-state index in [0.29, 0.717) is 24.5 Å². The number of carbonyl (C=O) groups excluding carboxylic acids is 1. The first kappa shape index (κ1) is 20.1. The Morgan fingerprint density at radius 2 is 1.97 bits per heavy atom. The number of aromatic nitrogens is 2. The van der Waals surface area contributed by atoms with Gasteiger partial charge in [-0.15, -0.1) is 16.9 Å². The Bertz CT molecular complexity index is 1010. The van der Waals surface area contributed by atoms with Crippen molar-refractivity contribution in [2.24, 2.45) is 0 Å². The molecule has 0 radical (unpaired) electrons. The Hall–Kier alpha value is -3.20. The normalized spacial score (nSPS) is 12.0. The van der Waals surface area contributed by atoms with E-state index in [-0.39, 0.29) is 18.7 Å². The molecule has 0 aliphatic carbocycles. The van der Waals surface area contributed by atoms with E-state index in [2.05, 4.69) is 15.5 Å². The highest BCUT2D eigenvalue weighted by Crippen LogP contribution is 2.33. The van der Waals surface area contributed by atoms with Gasteiger partial charge in [0.25, 0.3) is 0 Å². The van der Waals surface area contributed by atoms with E-state index in [1.807, 2.05) is 42.5 Å². The molecule has 1 amide bonds. The van der Waals surface area contributed by atoms with Gasteiger partial charge in [0.1, 0.15) is 5.75 Å². The van der Waals surface area contributed by atoms with Crippen LogP contribution in [0.2, 0.25) is 0 Å². The monoisotopic (exact) mass is 427 g/mol. The Morgan fingerprint density at radius 3 is 2.80 bits per heavy atom. The molecule has 3 aromatic rings. The fourth-order valence-electron chi connectivity index (χ4n) is 2.88. The van der Waals surface area contributed by atoms with Gasteiger partial charge < -0.3 is 18.6 Å². The zero-order valence-electron chi connectivity index (χ0n) is 16.4. The summed E-state index contributed by atoms with van der Waals surface area (Å²) in [5, 5.41) is 10.5. The lowest BCUT2D eigenvalue weighted by molar-refractivity contribution is -0.116. The summed E-state index contributed by atoms with van der Waals surface area (Å²) >= 11 is 1.70. The van der Waals surface area contributed by atoms with Crippen LogP contribution in [0.4, 0.5) is 6.01 Å². The number of amides is 1. The van der Waals surface area contributed by atoms with Crippen LogP contribution in [0, 0.1) is 0 Å². The van der Waals surface area contributed by atoms with Gasteiger partial charge in [-0.1, -0.05) is 11.2 Å². The van der Waals surface area contributed by atoms with E-state index in [1.54, 1.807) is 18.9 Å². The smallest absolute Gasteiger partial charge is 0.322 e. The Kier molecular flexibility index (Phi) is 6.38. The number of anilines is 1.